The zero-order valence-corrected chi connectivity index (χ0v) is 10.7. The summed E-state index contributed by atoms with van der Waals surface area (Å²) in [4.78, 5) is 12.2. The molecule has 2 rings (SSSR count). The van der Waals surface area contributed by atoms with Crippen LogP contribution in [0.1, 0.15) is 28.4 Å². The highest BCUT2D eigenvalue weighted by atomic mass is 35.5. The van der Waals surface area contributed by atoms with Gasteiger partial charge in [-0.1, -0.05) is 30.7 Å². The molecule has 2 aromatic carbocycles. The Labute approximate surface area is 111 Å². The molecule has 1 N–H and O–H groups in total. The zero-order chi connectivity index (χ0) is 13.1. The maximum atomic E-state index is 12.2. The van der Waals surface area contributed by atoms with Gasteiger partial charge in [-0.25, -0.2) is 0 Å². The lowest BCUT2D eigenvalue weighted by Crippen LogP contribution is -2.02. The van der Waals surface area contributed by atoms with E-state index >= 15 is 0 Å². The maximum absolute atomic E-state index is 12.2. The topological polar surface area (TPSA) is 37.3 Å². The van der Waals surface area contributed by atoms with E-state index in [0.717, 1.165) is 5.56 Å². The smallest absolute Gasteiger partial charge is 0.196 e. The molecular weight excluding hydrogens is 248 g/mol. The lowest BCUT2D eigenvalue weighted by molar-refractivity contribution is 0.103. The monoisotopic (exact) mass is 260 g/mol. The minimum Gasteiger partial charge on any atom is -0.507 e. The lowest BCUT2D eigenvalue weighted by Gasteiger charge is -2.07. The zero-order valence-electron chi connectivity index (χ0n) is 9.98. The molecule has 0 fully saturated rings. The number of phenols is 1. The highest BCUT2D eigenvalue weighted by Crippen LogP contribution is 2.25. The van der Waals surface area contributed by atoms with E-state index in [0.29, 0.717) is 22.6 Å². The number of carbonyl (C=O) groups excluding carboxylic acids is 1. The van der Waals surface area contributed by atoms with E-state index in [1.54, 1.807) is 36.4 Å². The number of aryl methyl sites for hydroxylation is 1. The minimum atomic E-state index is -0.195. The molecule has 2 nitrogen and oxygen atoms in total. The number of hydrogen-bond donors (Lipinski definition) is 1. The van der Waals surface area contributed by atoms with Gasteiger partial charge in [0.25, 0.3) is 0 Å². The Kier molecular flexibility index (Phi) is 3.68. The molecule has 18 heavy (non-hydrogen) atoms. The number of ketones is 1. The summed E-state index contributed by atoms with van der Waals surface area (Å²) in [5.74, 6) is -0.126. The Hall–Kier alpha value is -1.80. The van der Waals surface area contributed by atoms with Crippen molar-refractivity contribution in [2.24, 2.45) is 0 Å². The van der Waals surface area contributed by atoms with Gasteiger partial charge < -0.3 is 5.11 Å². The molecule has 0 bridgehead atoms. The molecule has 0 aliphatic heterocycles. The van der Waals surface area contributed by atoms with Crippen LogP contribution in [0.4, 0.5) is 0 Å². The summed E-state index contributed by atoms with van der Waals surface area (Å²) >= 11 is 5.78. The van der Waals surface area contributed by atoms with Crippen molar-refractivity contribution in [3.8, 4) is 5.75 Å². The number of hydrogen-bond acceptors (Lipinski definition) is 2. The van der Waals surface area contributed by atoms with Gasteiger partial charge in [0, 0.05) is 10.6 Å². The number of halogens is 1. The van der Waals surface area contributed by atoms with Crippen molar-refractivity contribution in [3.05, 3.63) is 64.2 Å². The molecule has 0 aliphatic rings. The van der Waals surface area contributed by atoms with Gasteiger partial charge in [0.05, 0.1) is 5.56 Å². The molecule has 2 aromatic rings. The van der Waals surface area contributed by atoms with Crippen molar-refractivity contribution in [1.82, 2.24) is 0 Å². The van der Waals surface area contributed by atoms with E-state index in [-0.39, 0.29) is 11.5 Å². The standard InChI is InChI=1S/C15H13ClO2/c1-2-10-4-3-5-13(14(10)17)15(18)11-6-8-12(16)9-7-11/h3-9,17H,2H2,1H3. The summed E-state index contributed by atoms with van der Waals surface area (Å²) in [6.07, 6.45) is 0.688. The average Bonchev–Trinajstić information content (AvgIpc) is 2.39. The van der Waals surface area contributed by atoms with E-state index in [4.69, 9.17) is 11.6 Å². The normalized spacial score (nSPS) is 10.3. The van der Waals surface area contributed by atoms with Crippen molar-refractivity contribution in [3.63, 3.8) is 0 Å². The van der Waals surface area contributed by atoms with Gasteiger partial charge in [0.1, 0.15) is 5.75 Å². The summed E-state index contributed by atoms with van der Waals surface area (Å²) in [5.41, 5.74) is 1.62. The third kappa shape index (κ3) is 2.39. The fourth-order valence-corrected chi connectivity index (χ4v) is 1.94. The summed E-state index contributed by atoms with van der Waals surface area (Å²) < 4.78 is 0. The van der Waals surface area contributed by atoms with Crippen molar-refractivity contribution in [2.75, 3.05) is 0 Å². The van der Waals surface area contributed by atoms with Crippen molar-refractivity contribution in [2.45, 2.75) is 13.3 Å². The summed E-state index contributed by atoms with van der Waals surface area (Å²) in [5, 5.41) is 10.6. The molecule has 0 unspecified atom stereocenters. The second-order valence-corrected chi connectivity index (χ2v) is 4.44. The van der Waals surface area contributed by atoms with Gasteiger partial charge in [0.15, 0.2) is 5.78 Å². The molecule has 0 amide bonds. The SMILES string of the molecule is CCc1cccc(C(=O)c2ccc(Cl)cc2)c1O. The number of phenolic OH excluding ortho intramolecular Hbond substituents is 1. The molecule has 0 saturated carbocycles. The fraction of sp³-hybridized carbons (Fsp3) is 0.133. The van der Waals surface area contributed by atoms with Crippen LogP contribution in [-0.2, 0) is 6.42 Å². The third-order valence-corrected chi connectivity index (χ3v) is 3.10. The number of para-hydroxylation sites is 1. The van der Waals surface area contributed by atoms with Crippen LogP contribution in [0.5, 0.6) is 5.75 Å². The molecule has 3 heteroatoms. The molecule has 0 atom stereocenters. The number of benzene rings is 2. The Bertz CT molecular complexity index is 574. The first-order chi connectivity index (χ1) is 8.63. The van der Waals surface area contributed by atoms with Gasteiger partial charge in [-0.15, -0.1) is 0 Å². The van der Waals surface area contributed by atoms with Crippen LogP contribution in [-0.4, -0.2) is 10.9 Å². The van der Waals surface area contributed by atoms with Crippen LogP contribution in [0.25, 0.3) is 0 Å². The molecule has 0 saturated heterocycles. The quantitative estimate of drug-likeness (QED) is 0.852. The Morgan fingerprint density at radius 1 is 1.17 bits per heavy atom. The Morgan fingerprint density at radius 3 is 2.44 bits per heavy atom. The third-order valence-electron chi connectivity index (χ3n) is 2.85. The van der Waals surface area contributed by atoms with E-state index in [1.807, 2.05) is 13.0 Å². The van der Waals surface area contributed by atoms with Crippen molar-refractivity contribution in [1.29, 1.82) is 0 Å². The first-order valence-electron chi connectivity index (χ1n) is 5.74. The van der Waals surface area contributed by atoms with Gasteiger partial charge in [-0.2, -0.15) is 0 Å². The maximum Gasteiger partial charge on any atom is 0.196 e. The van der Waals surface area contributed by atoms with Crippen LogP contribution in [0.15, 0.2) is 42.5 Å². The van der Waals surface area contributed by atoms with Gasteiger partial charge in [0.2, 0.25) is 0 Å². The number of rotatable bonds is 3. The second kappa shape index (κ2) is 5.23. The largest absolute Gasteiger partial charge is 0.507 e. The second-order valence-electron chi connectivity index (χ2n) is 4.00. The highest BCUT2D eigenvalue weighted by molar-refractivity contribution is 6.30. The molecule has 0 radical (unpaired) electrons. The Morgan fingerprint density at radius 2 is 1.83 bits per heavy atom. The van der Waals surface area contributed by atoms with Gasteiger partial charge in [-0.05, 0) is 42.3 Å². The van der Waals surface area contributed by atoms with Crippen molar-refractivity contribution < 1.29 is 9.90 Å². The molecule has 0 heterocycles. The van der Waals surface area contributed by atoms with E-state index in [9.17, 15) is 9.90 Å². The summed E-state index contributed by atoms with van der Waals surface area (Å²) in [6.45, 7) is 1.94. The number of aromatic hydroxyl groups is 1. The molecule has 92 valence electrons. The Balaban J connectivity index is 2.43. The highest BCUT2D eigenvalue weighted by Gasteiger charge is 2.15. The van der Waals surface area contributed by atoms with Crippen LogP contribution in [0.2, 0.25) is 5.02 Å². The predicted octanol–water partition coefficient (Wildman–Crippen LogP) is 3.84. The molecule has 0 spiro atoms. The summed E-state index contributed by atoms with van der Waals surface area (Å²) in [6, 6.07) is 11.9. The van der Waals surface area contributed by atoms with Crippen LogP contribution >= 0.6 is 11.6 Å². The number of carbonyl (C=O) groups is 1. The summed E-state index contributed by atoms with van der Waals surface area (Å²) in [7, 11) is 0. The first kappa shape index (κ1) is 12.7. The van der Waals surface area contributed by atoms with E-state index < -0.39 is 0 Å². The lowest BCUT2D eigenvalue weighted by atomic mass is 9.99. The van der Waals surface area contributed by atoms with Gasteiger partial charge >= 0.3 is 0 Å². The van der Waals surface area contributed by atoms with Crippen molar-refractivity contribution >= 4 is 17.4 Å². The van der Waals surface area contributed by atoms with E-state index in [1.165, 1.54) is 0 Å². The van der Waals surface area contributed by atoms with Crippen LogP contribution in [0, 0.1) is 0 Å². The van der Waals surface area contributed by atoms with Crippen LogP contribution < -0.4 is 0 Å². The predicted molar refractivity (Wildman–Crippen MR) is 72.4 cm³/mol. The van der Waals surface area contributed by atoms with E-state index in [2.05, 4.69) is 0 Å². The molecule has 0 aromatic heterocycles. The average molecular weight is 261 g/mol. The fourth-order valence-electron chi connectivity index (χ4n) is 1.82. The van der Waals surface area contributed by atoms with Gasteiger partial charge in [-0.3, -0.25) is 4.79 Å². The first-order valence-corrected chi connectivity index (χ1v) is 6.12. The molecule has 0 aliphatic carbocycles. The molecular formula is C15H13ClO2. The van der Waals surface area contributed by atoms with Crippen LogP contribution in [0.3, 0.4) is 0 Å². The minimum absolute atomic E-state index is 0.0694.